The topological polar surface area (TPSA) is 130 Å². The zero-order valence-electron chi connectivity index (χ0n) is 18.3. The van der Waals surface area contributed by atoms with Crippen LogP contribution in [0.4, 0.5) is 24.7 Å². The van der Waals surface area contributed by atoms with E-state index in [0.717, 1.165) is 9.21 Å². The van der Waals surface area contributed by atoms with Gasteiger partial charge in [-0.15, -0.1) is 0 Å². The zero-order valence-corrected chi connectivity index (χ0v) is 19.1. The maximum atomic E-state index is 13.5. The molecule has 0 bridgehead atoms. The van der Waals surface area contributed by atoms with Crippen molar-refractivity contribution in [3.63, 3.8) is 0 Å². The van der Waals surface area contributed by atoms with Crippen molar-refractivity contribution in [2.24, 2.45) is 10.7 Å². The van der Waals surface area contributed by atoms with Gasteiger partial charge in [0.2, 0.25) is 0 Å². The van der Waals surface area contributed by atoms with Gasteiger partial charge in [0.15, 0.2) is 0 Å². The van der Waals surface area contributed by atoms with Crippen molar-refractivity contribution in [2.45, 2.75) is 25.2 Å². The first-order chi connectivity index (χ1) is 15.6. The minimum Gasteiger partial charge on any atom is -0.760 e. The molecule has 2 aliphatic rings. The normalized spacial score (nSPS) is 23.6. The van der Waals surface area contributed by atoms with Crippen molar-refractivity contribution in [1.29, 1.82) is 0 Å². The lowest BCUT2D eigenvalue weighted by Gasteiger charge is -2.43. The molecule has 2 unspecified atom stereocenters. The summed E-state index contributed by atoms with van der Waals surface area (Å²) in [6, 6.07) is 0.784. The van der Waals surface area contributed by atoms with Crippen LogP contribution in [0.3, 0.4) is 0 Å². The van der Waals surface area contributed by atoms with Crippen LogP contribution in [0.2, 0.25) is 0 Å². The summed E-state index contributed by atoms with van der Waals surface area (Å²) in [5.41, 5.74) is 4.94. The Bertz CT molecular complexity index is 900. The van der Waals surface area contributed by atoms with Crippen LogP contribution < -0.4 is 21.1 Å². The minimum atomic E-state index is -4.66. The first-order valence-electron chi connectivity index (χ1n) is 10.1. The molecule has 0 aromatic carbocycles. The molecule has 2 aliphatic heterocycles. The number of nitrogens with two attached hydrogens (primary N) is 1. The van der Waals surface area contributed by atoms with Crippen LogP contribution in [0.25, 0.3) is 0 Å². The van der Waals surface area contributed by atoms with E-state index in [9.17, 15) is 26.7 Å². The molecule has 1 aromatic heterocycles. The smallest absolute Gasteiger partial charge is 0.410 e. The molecule has 3 heterocycles. The van der Waals surface area contributed by atoms with Crippen molar-refractivity contribution in [2.75, 3.05) is 56.2 Å². The summed E-state index contributed by atoms with van der Waals surface area (Å²) >= 11 is -2.73. The van der Waals surface area contributed by atoms with Gasteiger partial charge in [0.05, 0.1) is 13.2 Å². The number of pyridine rings is 1. The molecule has 3 atom stereocenters. The van der Waals surface area contributed by atoms with Gasteiger partial charge in [0.1, 0.15) is 11.9 Å². The van der Waals surface area contributed by atoms with Crippen molar-refractivity contribution in [3.05, 3.63) is 34.8 Å². The van der Waals surface area contributed by atoms with E-state index in [2.05, 4.69) is 9.98 Å². The second-order valence-electron chi connectivity index (χ2n) is 7.35. The maximum Gasteiger partial charge on any atom is 0.410 e. The molecule has 10 nitrogen and oxygen atoms in total. The lowest BCUT2D eigenvalue weighted by molar-refractivity contribution is -0.153. The van der Waals surface area contributed by atoms with E-state index in [1.807, 2.05) is 11.8 Å². The van der Waals surface area contributed by atoms with Crippen LogP contribution in [-0.2, 0) is 16.0 Å². The number of aromatic nitrogens is 1. The average Bonchev–Trinajstić information content (AvgIpc) is 2.77. The Labute approximate surface area is 192 Å². The molecular weight excluding hydrogens is 465 g/mol. The summed E-state index contributed by atoms with van der Waals surface area (Å²) in [6.45, 7) is 2.35. The van der Waals surface area contributed by atoms with Crippen LogP contribution in [0.1, 0.15) is 6.92 Å². The molecule has 0 aliphatic carbocycles. The highest BCUT2D eigenvalue weighted by atomic mass is 32.2. The Morgan fingerprint density at radius 3 is 2.58 bits per heavy atom. The minimum absolute atomic E-state index is 0.0217. The van der Waals surface area contributed by atoms with Gasteiger partial charge in [0.25, 0.3) is 5.56 Å². The SMILES string of the molecule is CN=CC=CN.C[C@@H]1COCCN1c1cc(N2CCN(S(=O)[O-])CC2C(F)(F)F)[nH]c(=O)c1. The van der Waals surface area contributed by atoms with Crippen molar-refractivity contribution >= 4 is 29.0 Å². The third-order valence-electron chi connectivity index (χ3n) is 5.10. The van der Waals surface area contributed by atoms with E-state index in [1.54, 1.807) is 19.3 Å². The molecule has 3 rings (SSSR count). The van der Waals surface area contributed by atoms with Crippen LogP contribution in [0, 0.1) is 0 Å². The number of H-pyrrole nitrogens is 1. The lowest BCUT2D eigenvalue weighted by Crippen LogP contribution is -2.59. The summed E-state index contributed by atoms with van der Waals surface area (Å²) in [6.07, 6.45) is 0.0736. The van der Waals surface area contributed by atoms with Crippen molar-refractivity contribution in [3.8, 4) is 0 Å². The highest BCUT2D eigenvalue weighted by molar-refractivity contribution is 7.76. The highest BCUT2D eigenvalue weighted by Crippen LogP contribution is 2.32. The van der Waals surface area contributed by atoms with Gasteiger partial charge in [-0.05, 0) is 19.2 Å². The fourth-order valence-electron chi connectivity index (χ4n) is 3.54. The number of aromatic amines is 1. The number of nitrogens with zero attached hydrogens (tertiary/aromatic N) is 4. The summed E-state index contributed by atoms with van der Waals surface area (Å²) < 4.78 is 68.9. The van der Waals surface area contributed by atoms with Gasteiger partial charge in [-0.3, -0.25) is 14.0 Å². The van der Waals surface area contributed by atoms with Crippen LogP contribution in [-0.4, -0.2) is 89.0 Å². The molecule has 0 saturated carbocycles. The number of hydrogen-bond donors (Lipinski definition) is 2. The van der Waals surface area contributed by atoms with Gasteiger partial charge in [0, 0.05) is 74.6 Å². The number of aliphatic imine (C=N–C) groups is 1. The second-order valence-corrected chi connectivity index (χ2v) is 8.30. The number of piperazine rings is 1. The average molecular weight is 494 g/mol. The number of alkyl halides is 3. The summed E-state index contributed by atoms with van der Waals surface area (Å²) in [5.74, 6) is 0.0230. The molecule has 14 heteroatoms. The van der Waals surface area contributed by atoms with E-state index >= 15 is 0 Å². The number of nitrogens with one attached hydrogen (secondary N) is 1. The van der Waals surface area contributed by atoms with Crippen molar-refractivity contribution < 1.29 is 26.7 Å². The number of ether oxygens (including phenoxy) is 1. The van der Waals surface area contributed by atoms with E-state index in [1.165, 1.54) is 18.3 Å². The fraction of sp³-hybridized carbons (Fsp3) is 0.579. The number of hydrogen-bond acceptors (Lipinski definition) is 8. The van der Waals surface area contributed by atoms with Crippen LogP contribution in [0.15, 0.2) is 34.2 Å². The summed E-state index contributed by atoms with van der Waals surface area (Å²) in [7, 11) is 1.69. The molecule has 0 spiro atoms. The Hall–Kier alpha value is -2.42. The summed E-state index contributed by atoms with van der Waals surface area (Å²) in [5, 5.41) is 0. The number of rotatable bonds is 4. The van der Waals surface area contributed by atoms with E-state index in [4.69, 9.17) is 10.5 Å². The fourth-order valence-corrected chi connectivity index (χ4v) is 4.04. The Kier molecular flexibility index (Phi) is 9.88. The van der Waals surface area contributed by atoms with Gasteiger partial charge in [-0.1, -0.05) is 0 Å². The van der Waals surface area contributed by atoms with Crippen LogP contribution in [0.5, 0.6) is 0 Å². The Morgan fingerprint density at radius 1 is 1.30 bits per heavy atom. The van der Waals surface area contributed by atoms with Gasteiger partial charge < -0.3 is 29.8 Å². The van der Waals surface area contributed by atoms with E-state index in [-0.39, 0.29) is 24.9 Å². The third kappa shape index (κ3) is 7.55. The molecular formula is C19H28F3N6O4S-. The lowest BCUT2D eigenvalue weighted by atomic mass is 10.1. The molecule has 0 amide bonds. The van der Waals surface area contributed by atoms with E-state index in [0.29, 0.717) is 25.4 Å². The molecule has 1 aromatic rings. The second kappa shape index (κ2) is 12.2. The van der Waals surface area contributed by atoms with Gasteiger partial charge >= 0.3 is 6.18 Å². The number of anilines is 2. The standard InChI is InChI=1S/C15H21F3N4O4S.C4H8N2/c1-10-9-26-5-4-21(10)11-6-13(19-14(23)7-11)22-3-2-20(27(24)25)8-12(22)15(16,17)18;1-6-4-2-3-5/h6-7,10,12H,2-5,8-9H2,1H3,(H,19,23)(H,24,25);2-4H,5H2,1H3/p-1/t10-,12?;/m1./s1. The molecule has 0 radical (unpaired) electrons. The van der Waals surface area contributed by atoms with Crippen molar-refractivity contribution in [1.82, 2.24) is 9.29 Å². The molecule has 2 saturated heterocycles. The molecule has 3 N–H and O–H groups in total. The maximum absolute atomic E-state index is 13.5. The Balaban J connectivity index is 0.000000569. The van der Waals surface area contributed by atoms with Gasteiger partial charge in [-0.25, -0.2) is 4.31 Å². The monoisotopic (exact) mass is 493 g/mol. The third-order valence-corrected chi connectivity index (χ3v) is 5.85. The predicted octanol–water partition coefficient (Wildman–Crippen LogP) is 0.606. The number of allylic oxidation sites excluding steroid dienone is 1. The number of halogens is 3. The van der Waals surface area contributed by atoms with Crippen LogP contribution >= 0.6 is 0 Å². The first kappa shape index (κ1) is 26.8. The zero-order chi connectivity index (χ0) is 24.6. The quantitative estimate of drug-likeness (QED) is 0.464. The molecule has 2 fully saturated rings. The van der Waals surface area contributed by atoms with Gasteiger partial charge in [-0.2, -0.15) is 13.2 Å². The first-order valence-corrected chi connectivity index (χ1v) is 11.2. The predicted molar refractivity (Wildman–Crippen MR) is 120 cm³/mol. The van der Waals surface area contributed by atoms with E-state index < -0.39 is 35.6 Å². The molecule has 186 valence electrons. The largest absolute Gasteiger partial charge is 0.760 e. The number of morpholine rings is 1. The Morgan fingerprint density at radius 2 is 2.03 bits per heavy atom. The highest BCUT2D eigenvalue weighted by Gasteiger charge is 2.47. The summed E-state index contributed by atoms with van der Waals surface area (Å²) in [4.78, 5) is 21.1. The molecule has 33 heavy (non-hydrogen) atoms.